The number of hydrogen-bond acceptors (Lipinski definition) is 8. The normalized spacial score (nSPS) is 20.5. The van der Waals surface area contributed by atoms with Crippen molar-refractivity contribution in [1.29, 1.82) is 0 Å². The Kier molecular flexibility index (Phi) is 5.69. The van der Waals surface area contributed by atoms with Gasteiger partial charge in [0.05, 0.1) is 21.1 Å². The maximum atomic E-state index is 13.0. The van der Waals surface area contributed by atoms with E-state index in [4.69, 9.17) is 4.74 Å². The number of halogens is 6. The predicted molar refractivity (Wildman–Crippen MR) is 92.4 cm³/mol. The molecule has 0 saturated carbocycles. The Morgan fingerprint density at radius 1 is 1.26 bits per heavy atom. The number of hydroxylamine groups is 2. The maximum Gasteiger partial charge on any atom is 0.475 e. The Morgan fingerprint density at radius 2 is 1.90 bits per heavy atom. The van der Waals surface area contributed by atoms with Crippen LogP contribution < -0.4 is 0 Å². The molecule has 0 radical (unpaired) electrons. The highest BCUT2D eigenvalue weighted by Crippen LogP contribution is 2.36. The number of alkyl halides is 6. The first kappa shape index (κ1) is 23.2. The zero-order chi connectivity index (χ0) is 23.4. The molecule has 170 valence electrons. The molecule has 0 bridgehead atoms. The van der Waals surface area contributed by atoms with Crippen molar-refractivity contribution in [1.82, 2.24) is 10.0 Å². The van der Waals surface area contributed by atoms with Gasteiger partial charge in [-0.15, -0.1) is 0 Å². The molecule has 1 N–H and O–H groups in total. The van der Waals surface area contributed by atoms with E-state index in [-0.39, 0.29) is 5.06 Å². The summed E-state index contributed by atoms with van der Waals surface area (Å²) in [6.07, 6.45) is -4.94. The topological polar surface area (TPSA) is 109 Å². The van der Waals surface area contributed by atoms with E-state index >= 15 is 0 Å². The van der Waals surface area contributed by atoms with Crippen molar-refractivity contribution in [2.24, 2.45) is 4.99 Å². The van der Waals surface area contributed by atoms with Crippen LogP contribution in [0.25, 0.3) is 0 Å². The number of hydrogen-bond donors (Lipinski definition) is 1. The fourth-order valence-corrected chi connectivity index (χ4v) is 4.29. The number of nitrogens with zero attached hydrogens (tertiary/aromatic N) is 3. The van der Waals surface area contributed by atoms with Gasteiger partial charge in [0.25, 0.3) is 0 Å². The van der Waals surface area contributed by atoms with E-state index in [0.29, 0.717) is 24.5 Å². The van der Waals surface area contributed by atoms with Gasteiger partial charge in [0, 0.05) is 12.4 Å². The molecule has 0 fully saturated rings. The SMILES string of the molecule is CCS(=O)(=O)c1cc(C(F)(F)F)cnc1C1=NC2=CC(S(=O)C(F)(F)F)=CN(O)C2O1. The summed E-state index contributed by atoms with van der Waals surface area (Å²) >= 11 is 0. The summed E-state index contributed by atoms with van der Waals surface area (Å²) in [5, 5.41) is 10.00. The second kappa shape index (κ2) is 7.59. The van der Waals surface area contributed by atoms with Gasteiger partial charge >= 0.3 is 11.7 Å². The highest BCUT2D eigenvalue weighted by molar-refractivity contribution is 7.91. The number of sulfone groups is 1. The van der Waals surface area contributed by atoms with Crippen LogP contribution in [0.3, 0.4) is 0 Å². The van der Waals surface area contributed by atoms with E-state index in [1.54, 1.807) is 0 Å². The zero-order valence-electron chi connectivity index (χ0n) is 15.1. The molecule has 1 aromatic heterocycles. The van der Waals surface area contributed by atoms with Crippen molar-refractivity contribution in [3.63, 3.8) is 0 Å². The lowest BCUT2D eigenvalue weighted by atomic mass is 10.2. The number of fused-ring (bicyclic) bond motifs is 1. The number of aromatic nitrogens is 1. The molecule has 0 aliphatic carbocycles. The fraction of sp³-hybridized carbons (Fsp3) is 0.333. The van der Waals surface area contributed by atoms with Crippen LogP contribution in [0, 0.1) is 0 Å². The number of pyridine rings is 1. The van der Waals surface area contributed by atoms with Gasteiger partial charge in [-0.3, -0.25) is 5.21 Å². The predicted octanol–water partition coefficient (Wildman–Crippen LogP) is 2.70. The van der Waals surface area contributed by atoms with Gasteiger partial charge in [0.2, 0.25) is 12.1 Å². The lowest BCUT2D eigenvalue weighted by Gasteiger charge is -2.25. The molecule has 31 heavy (non-hydrogen) atoms. The lowest BCUT2D eigenvalue weighted by molar-refractivity contribution is -0.138. The fourth-order valence-electron chi connectivity index (χ4n) is 2.54. The third-order valence-electron chi connectivity index (χ3n) is 4.02. The quantitative estimate of drug-likeness (QED) is 0.645. The summed E-state index contributed by atoms with van der Waals surface area (Å²) < 4.78 is 118. The molecule has 16 heteroatoms. The molecule has 2 atom stereocenters. The Balaban J connectivity index is 2.10. The molecule has 8 nitrogen and oxygen atoms in total. The molecule has 2 aliphatic heterocycles. The summed E-state index contributed by atoms with van der Waals surface area (Å²) in [5.74, 6) is -1.24. The number of aliphatic imine (C=N–C) groups is 1. The summed E-state index contributed by atoms with van der Waals surface area (Å²) in [6.45, 7) is 1.18. The van der Waals surface area contributed by atoms with E-state index in [2.05, 4.69) is 9.98 Å². The maximum absolute atomic E-state index is 13.0. The molecular weight excluding hydrogens is 480 g/mol. The summed E-state index contributed by atoms with van der Waals surface area (Å²) in [6, 6.07) is 0.336. The highest BCUT2D eigenvalue weighted by Gasteiger charge is 2.43. The second-order valence-electron chi connectivity index (χ2n) is 6.05. The first-order chi connectivity index (χ1) is 14.1. The third kappa shape index (κ3) is 4.45. The summed E-state index contributed by atoms with van der Waals surface area (Å²) in [7, 11) is -7.79. The van der Waals surface area contributed by atoms with Gasteiger partial charge in [0.1, 0.15) is 11.4 Å². The van der Waals surface area contributed by atoms with Crippen molar-refractivity contribution in [2.75, 3.05) is 5.75 Å². The number of ether oxygens (including phenoxy) is 1. The van der Waals surface area contributed by atoms with Gasteiger partial charge in [-0.1, -0.05) is 6.92 Å². The Morgan fingerprint density at radius 3 is 2.45 bits per heavy atom. The summed E-state index contributed by atoms with van der Waals surface area (Å²) in [4.78, 5) is 5.49. The average molecular weight is 491 g/mol. The third-order valence-corrected chi connectivity index (χ3v) is 6.83. The molecule has 0 amide bonds. The largest absolute Gasteiger partial charge is 0.475 e. The van der Waals surface area contributed by atoms with Gasteiger partial charge in [-0.2, -0.15) is 26.3 Å². The standard InChI is InChI=1S/C15H11F6N3O5S2/c1-2-31(27,28)10-3-7(14(16,17)18)5-22-11(10)12-23-9-4-8(30(26)15(19,20)21)6-24(25)13(9)29-12/h3-6,13,25H,2H2,1H3. The molecule has 0 spiro atoms. The van der Waals surface area contributed by atoms with Gasteiger partial charge in [-0.25, -0.2) is 27.7 Å². The minimum atomic E-state index is -5.14. The minimum Gasteiger partial charge on any atom is -0.444 e. The van der Waals surface area contributed by atoms with Gasteiger partial charge in [-0.05, 0) is 12.1 Å². The minimum absolute atomic E-state index is 0.114. The van der Waals surface area contributed by atoms with Crippen molar-refractivity contribution in [3.05, 3.63) is 46.4 Å². The molecule has 3 rings (SSSR count). The first-order valence-electron chi connectivity index (χ1n) is 8.10. The van der Waals surface area contributed by atoms with E-state index < -0.39 is 77.0 Å². The van der Waals surface area contributed by atoms with Crippen LogP contribution in [-0.4, -0.2) is 51.3 Å². The van der Waals surface area contributed by atoms with Crippen LogP contribution in [-0.2, 0) is 31.5 Å². The van der Waals surface area contributed by atoms with E-state index in [0.717, 1.165) is 0 Å². The van der Waals surface area contributed by atoms with Crippen LogP contribution >= 0.6 is 0 Å². The highest BCUT2D eigenvalue weighted by atomic mass is 32.2. The average Bonchev–Trinajstić information content (AvgIpc) is 3.10. The van der Waals surface area contributed by atoms with Crippen LogP contribution in [0.2, 0.25) is 0 Å². The van der Waals surface area contributed by atoms with Crippen molar-refractivity contribution in [2.45, 2.75) is 29.7 Å². The van der Waals surface area contributed by atoms with Gasteiger partial charge in [0.15, 0.2) is 20.6 Å². The smallest absolute Gasteiger partial charge is 0.444 e. The first-order valence-corrected chi connectivity index (χ1v) is 10.9. The van der Waals surface area contributed by atoms with E-state index in [1.807, 2.05) is 0 Å². The summed E-state index contributed by atoms with van der Waals surface area (Å²) in [5.41, 5.74) is -7.52. The van der Waals surface area contributed by atoms with Crippen LogP contribution in [0.5, 0.6) is 0 Å². The van der Waals surface area contributed by atoms with Crippen molar-refractivity contribution < 1.29 is 48.9 Å². The second-order valence-corrected chi connectivity index (χ2v) is 9.77. The molecular formula is C15H11F6N3O5S2. The molecule has 1 aromatic rings. The number of allylic oxidation sites excluding steroid dienone is 1. The molecule has 2 aliphatic rings. The van der Waals surface area contributed by atoms with Crippen LogP contribution in [0.4, 0.5) is 26.3 Å². The van der Waals surface area contributed by atoms with E-state index in [1.165, 1.54) is 6.92 Å². The van der Waals surface area contributed by atoms with Crippen molar-refractivity contribution in [3.8, 4) is 0 Å². The Bertz CT molecular complexity index is 1140. The Hall–Kier alpha value is -2.46. The van der Waals surface area contributed by atoms with E-state index in [9.17, 15) is 44.2 Å². The zero-order valence-corrected chi connectivity index (χ0v) is 16.7. The lowest BCUT2D eigenvalue weighted by Crippen LogP contribution is -2.34. The van der Waals surface area contributed by atoms with Crippen LogP contribution in [0.15, 0.2) is 45.0 Å². The molecule has 2 unspecified atom stereocenters. The van der Waals surface area contributed by atoms with Gasteiger partial charge < -0.3 is 4.74 Å². The molecule has 3 heterocycles. The molecule has 0 aromatic carbocycles. The van der Waals surface area contributed by atoms with Crippen LogP contribution in [0.1, 0.15) is 18.2 Å². The molecule has 0 saturated heterocycles. The monoisotopic (exact) mass is 491 g/mol. The van der Waals surface area contributed by atoms with Crippen molar-refractivity contribution >= 4 is 26.5 Å². The Labute approximate surface area is 172 Å². The number of rotatable bonds is 4.